The molecule has 0 amide bonds. The van der Waals surface area contributed by atoms with Crippen LogP contribution in [-0.2, 0) is 33.3 Å². The number of aliphatic hydroxyl groups is 1. The molecule has 0 aromatic rings. The van der Waals surface area contributed by atoms with E-state index in [1.165, 1.54) is 0 Å². The second-order valence-electron chi connectivity index (χ2n) is 4.46. The monoisotopic (exact) mass is 308 g/mol. The third-order valence-corrected chi connectivity index (χ3v) is 2.65. The highest BCUT2D eigenvalue weighted by molar-refractivity contribution is 5.67. The van der Waals surface area contributed by atoms with Crippen LogP contribution in [0.15, 0.2) is 0 Å². The first-order chi connectivity index (χ1) is 9.72. The van der Waals surface area contributed by atoms with Crippen LogP contribution >= 0.6 is 0 Å². The minimum absolute atomic E-state index is 0.394. The highest BCUT2D eigenvalue weighted by atomic mass is 19.1. The van der Waals surface area contributed by atoms with Gasteiger partial charge in [-0.2, -0.15) is 0 Å². The van der Waals surface area contributed by atoms with Crippen LogP contribution in [0, 0.1) is 0 Å². The van der Waals surface area contributed by atoms with Gasteiger partial charge in [0.25, 0.3) is 0 Å². The molecule has 0 aromatic carbocycles. The van der Waals surface area contributed by atoms with Gasteiger partial charge in [-0.1, -0.05) is 0 Å². The molecular weight excluding hydrogens is 291 g/mol. The minimum Gasteiger partial charge on any atom is -0.463 e. The Kier molecular flexibility index (Phi) is 6.03. The number of rotatable bonds is 4. The maximum absolute atomic E-state index is 13.9. The van der Waals surface area contributed by atoms with Gasteiger partial charge in [0.1, 0.15) is 12.7 Å². The minimum atomic E-state index is -2.10. The van der Waals surface area contributed by atoms with Gasteiger partial charge in [0.15, 0.2) is 24.7 Å². The number of ether oxygens (including phenoxy) is 4. The number of hydrogen-bond donors (Lipinski definition) is 1. The average Bonchev–Trinajstić information content (AvgIpc) is 2.35. The molecule has 1 saturated heterocycles. The molecule has 1 aliphatic heterocycles. The second-order valence-corrected chi connectivity index (χ2v) is 4.46. The highest BCUT2D eigenvalue weighted by Crippen LogP contribution is 2.27. The number of hydrogen-bond acceptors (Lipinski definition) is 8. The molecule has 21 heavy (non-hydrogen) atoms. The molecule has 1 heterocycles. The number of halogens is 1. The van der Waals surface area contributed by atoms with Gasteiger partial charge >= 0.3 is 17.9 Å². The molecule has 1 fully saturated rings. The van der Waals surface area contributed by atoms with E-state index in [4.69, 9.17) is 18.9 Å². The van der Waals surface area contributed by atoms with Gasteiger partial charge in [0, 0.05) is 20.8 Å². The van der Waals surface area contributed by atoms with Gasteiger partial charge in [0.2, 0.25) is 0 Å². The molecule has 2 unspecified atom stereocenters. The lowest BCUT2D eigenvalue weighted by atomic mass is 9.99. The Morgan fingerprint density at radius 3 is 2.05 bits per heavy atom. The zero-order chi connectivity index (χ0) is 16.2. The third kappa shape index (κ3) is 4.94. The SMILES string of the molecule is CC(=O)OC[C@H]1OC(O)C(F)[C@@H](OC(C)=O)[C@H]1OC(C)=O. The Morgan fingerprint density at radius 2 is 1.57 bits per heavy atom. The molecule has 0 aliphatic carbocycles. The predicted molar refractivity (Wildman–Crippen MR) is 63.5 cm³/mol. The van der Waals surface area contributed by atoms with Crippen LogP contribution in [0.25, 0.3) is 0 Å². The van der Waals surface area contributed by atoms with Crippen molar-refractivity contribution in [2.24, 2.45) is 0 Å². The second kappa shape index (κ2) is 7.32. The summed E-state index contributed by atoms with van der Waals surface area (Å²) in [6.45, 7) is 2.86. The van der Waals surface area contributed by atoms with Crippen LogP contribution in [-0.4, -0.2) is 60.4 Å². The summed E-state index contributed by atoms with van der Waals surface area (Å²) in [7, 11) is 0. The smallest absolute Gasteiger partial charge is 0.303 e. The van der Waals surface area contributed by atoms with Gasteiger partial charge in [-0.05, 0) is 0 Å². The molecule has 1 rings (SSSR count). The van der Waals surface area contributed by atoms with Crippen LogP contribution < -0.4 is 0 Å². The van der Waals surface area contributed by atoms with Crippen molar-refractivity contribution in [3.63, 3.8) is 0 Å². The summed E-state index contributed by atoms with van der Waals surface area (Å²) >= 11 is 0. The summed E-state index contributed by atoms with van der Waals surface area (Å²) in [5, 5.41) is 9.48. The van der Waals surface area contributed by atoms with Crippen LogP contribution in [0.3, 0.4) is 0 Å². The normalized spacial score (nSPS) is 32.1. The van der Waals surface area contributed by atoms with Crippen molar-refractivity contribution in [2.75, 3.05) is 6.61 Å². The third-order valence-electron chi connectivity index (χ3n) is 2.65. The van der Waals surface area contributed by atoms with E-state index in [0.29, 0.717) is 0 Å². The van der Waals surface area contributed by atoms with Gasteiger partial charge in [0.05, 0.1) is 0 Å². The molecule has 0 radical (unpaired) electrons. The van der Waals surface area contributed by atoms with E-state index in [2.05, 4.69) is 0 Å². The standard InChI is InChI=1S/C12H17FO8/c1-5(14)18-4-8-10(19-6(2)15)11(20-7(3)16)9(13)12(17)21-8/h8-12,17H,4H2,1-3H3/t8-,9?,10+,11-,12?/m1/s1. The molecular formula is C12H17FO8. The lowest BCUT2D eigenvalue weighted by Crippen LogP contribution is -2.59. The van der Waals surface area contributed by atoms with E-state index in [-0.39, 0.29) is 0 Å². The van der Waals surface area contributed by atoms with Crippen molar-refractivity contribution < 1.29 is 42.8 Å². The van der Waals surface area contributed by atoms with Crippen molar-refractivity contribution in [1.29, 1.82) is 0 Å². The molecule has 8 nitrogen and oxygen atoms in total. The number of aliphatic hydroxyl groups excluding tert-OH is 1. The van der Waals surface area contributed by atoms with E-state index >= 15 is 0 Å². The molecule has 0 saturated carbocycles. The van der Waals surface area contributed by atoms with Gasteiger partial charge < -0.3 is 24.1 Å². The topological polar surface area (TPSA) is 108 Å². The first kappa shape index (κ1) is 17.3. The summed E-state index contributed by atoms with van der Waals surface area (Å²) in [4.78, 5) is 32.9. The van der Waals surface area contributed by atoms with Crippen molar-refractivity contribution in [2.45, 2.75) is 51.5 Å². The number of carbonyl (C=O) groups excluding carboxylic acids is 3. The Hall–Kier alpha value is -1.74. The van der Waals surface area contributed by atoms with Crippen molar-refractivity contribution in [1.82, 2.24) is 0 Å². The average molecular weight is 308 g/mol. The predicted octanol–water partition coefficient (Wildman–Crippen LogP) is -0.532. The Morgan fingerprint density at radius 1 is 1.05 bits per heavy atom. The number of alkyl halides is 1. The van der Waals surface area contributed by atoms with E-state index in [9.17, 15) is 23.9 Å². The van der Waals surface area contributed by atoms with E-state index < -0.39 is 55.3 Å². The summed E-state index contributed by atoms with van der Waals surface area (Å²) in [6, 6.07) is 0. The fourth-order valence-electron chi connectivity index (χ4n) is 1.88. The summed E-state index contributed by atoms with van der Waals surface area (Å²) in [6.07, 6.45) is -8.07. The maximum Gasteiger partial charge on any atom is 0.303 e. The molecule has 1 N–H and O–H groups in total. The lowest BCUT2D eigenvalue weighted by Gasteiger charge is -2.40. The molecule has 9 heteroatoms. The van der Waals surface area contributed by atoms with Crippen molar-refractivity contribution >= 4 is 17.9 Å². The van der Waals surface area contributed by atoms with Gasteiger partial charge in [-0.25, -0.2) is 4.39 Å². The zero-order valence-electron chi connectivity index (χ0n) is 11.8. The molecule has 120 valence electrons. The lowest BCUT2D eigenvalue weighted by molar-refractivity contribution is -0.279. The largest absolute Gasteiger partial charge is 0.463 e. The molecule has 1 aliphatic rings. The highest BCUT2D eigenvalue weighted by Gasteiger charge is 2.50. The molecule has 0 bridgehead atoms. The number of carbonyl (C=O) groups is 3. The van der Waals surface area contributed by atoms with E-state index in [1.54, 1.807) is 0 Å². The summed E-state index contributed by atoms with van der Waals surface area (Å²) in [5.74, 6) is -2.22. The first-order valence-electron chi connectivity index (χ1n) is 6.17. The van der Waals surface area contributed by atoms with Gasteiger partial charge in [-0.3, -0.25) is 14.4 Å². The van der Waals surface area contributed by atoms with E-state index in [0.717, 1.165) is 20.8 Å². The molecule has 0 spiro atoms. The summed E-state index contributed by atoms with van der Waals surface area (Å²) < 4.78 is 33.2. The van der Waals surface area contributed by atoms with Crippen LogP contribution in [0.2, 0.25) is 0 Å². The Bertz CT molecular complexity index is 412. The Balaban J connectivity index is 2.94. The first-order valence-corrected chi connectivity index (χ1v) is 6.17. The maximum atomic E-state index is 13.9. The summed E-state index contributed by atoms with van der Waals surface area (Å²) in [5.41, 5.74) is 0. The number of esters is 3. The quantitative estimate of drug-likeness (QED) is 0.545. The van der Waals surface area contributed by atoms with Crippen molar-refractivity contribution in [3.8, 4) is 0 Å². The van der Waals surface area contributed by atoms with Crippen LogP contribution in [0.5, 0.6) is 0 Å². The van der Waals surface area contributed by atoms with Crippen LogP contribution in [0.1, 0.15) is 20.8 Å². The van der Waals surface area contributed by atoms with E-state index in [1.807, 2.05) is 0 Å². The van der Waals surface area contributed by atoms with Gasteiger partial charge in [-0.15, -0.1) is 0 Å². The fourth-order valence-corrected chi connectivity index (χ4v) is 1.88. The van der Waals surface area contributed by atoms with Crippen molar-refractivity contribution in [3.05, 3.63) is 0 Å². The fraction of sp³-hybridized carbons (Fsp3) is 0.750. The molecule has 5 atom stereocenters. The van der Waals surface area contributed by atoms with Crippen LogP contribution in [0.4, 0.5) is 4.39 Å². The molecule has 0 aromatic heterocycles. The zero-order valence-corrected chi connectivity index (χ0v) is 11.8. The Labute approximate surface area is 120 Å².